The van der Waals surface area contributed by atoms with Gasteiger partial charge in [-0.25, -0.2) is 0 Å². The Balaban J connectivity index is 1.76. The number of amides is 2. The van der Waals surface area contributed by atoms with Crippen LogP contribution in [0.5, 0.6) is 0 Å². The first-order valence-electron chi connectivity index (χ1n) is 9.47. The van der Waals surface area contributed by atoms with Crippen molar-refractivity contribution in [2.45, 2.75) is 46.6 Å². The number of nitrogens with one attached hydrogen (secondary N) is 1. The second-order valence-electron chi connectivity index (χ2n) is 7.54. The second-order valence-corrected chi connectivity index (χ2v) is 8.54. The molecule has 0 spiro atoms. The third-order valence-corrected chi connectivity index (χ3v) is 6.62. The SMILES string of the molecule is Cc1ccc(NC(=O)[C@H]2CSCN2C(=O)[C@H](C)c2c(C)nn(C)c2C)cc1C. The van der Waals surface area contributed by atoms with Gasteiger partial charge in [0.15, 0.2) is 0 Å². The van der Waals surface area contributed by atoms with Crippen molar-refractivity contribution in [2.24, 2.45) is 7.05 Å². The van der Waals surface area contributed by atoms with Gasteiger partial charge < -0.3 is 10.2 Å². The summed E-state index contributed by atoms with van der Waals surface area (Å²) in [6.45, 7) is 9.86. The van der Waals surface area contributed by atoms with E-state index in [4.69, 9.17) is 0 Å². The van der Waals surface area contributed by atoms with Crippen molar-refractivity contribution in [1.82, 2.24) is 14.7 Å². The molecule has 0 radical (unpaired) electrons. The van der Waals surface area contributed by atoms with Crippen LogP contribution in [0.15, 0.2) is 18.2 Å². The van der Waals surface area contributed by atoms with Crippen LogP contribution in [-0.4, -0.2) is 44.2 Å². The number of aryl methyl sites for hydroxylation is 4. The fraction of sp³-hybridized carbons (Fsp3) is 0.476. The average molecular weight is 401 g/mol. The largest absolute Gasteiger partial charge is 0.324 e. The van der Waals surface area contributed by atoms with E-state index >= 15 is 0 Å². The maximum Gasteiger partial charge on any atom is 0.248 e. The topological polar surface area (TPSA) is 67.2 Å². The molecule has 2 amide bonds. The fourth-order valence-electron chi connectivity index (χ4n) is 3.71. The van der Waals surface area contributed by atoms with Gasteiger partial charge in [0.05, 0.1) is 17.5 Å². The summed E-state index contributed by atoms with van der Waals surface area (Å²) in [6.07, 6.45) is 0. The maximum absolute atomic E-state index is 13.2. The molecule has 2 atom stereocenters. The average Bonchev–Trinajstić information content (AvgIpc) is 3.22. The van der Waals surface area contributed by atoms with Crippen LogP contribution in [0.25, 0.3) is 0 Å². The summed E-state index contributed by atoms with van der Waals surface area (Å²) < 4.78 is 1.80. The summed E-state index contributed by atoms with van der Waals surface area (Å²) in [5, 5.41) is 7.41. The summed E-state index contributed by atoms with van der Waals surface area (Å²) in [7, 11) is 1.88. The minimum absolute atomic E-state index is 0.0237. The van der Waals surface area contributed by atoms with Gasteiger partial charge in [-0.2, -0.15) is 5.10 Å². The van der Waals surface area contributed by atoms with Crippen LogP contribution in [0.2, 0.25) is 0 Å². The van der Waals surface area contributed by atoms with Gasteiger partial charge >= 0.3 is 0 Å². The molecule has 0 saturated carbocycles. The number of nitrogens with zero attached hydrogens (tertiary/aromatic N) is 3. The molecule has 28 heavy (non-hydrogen) atoms. The Morgan fingerprint density at radius 3 is 2.54 bits per heavy atom. The fourth-order valence-corrected chi connectivity index (χ4v) is 4.87. The number of hydrogen-bond acceptors (Lipinski definition) is 4. The van der Waals surface area contributed by atoms with Crippen molar-refractivity contribution in [2.75, 3.05) is 16.9 Å². The molecule has 1 fully saturated rings. The molecular weight excluding hydrogens is 372 g/mol. The first-order valence-corrected chi connectivity index (χ1v) is 10.6. The molecule has 0 bridgehead atoms. The molecular formula is C21H28N4O2S. The first kappa shape index (κ1) is 20.5. The normalized spacial score (nSPS) is 17.6. The molecule has 7 heteroatoms. The maximum atomic E-state index is 13.2. The van der Waals surface area contributed by atoms with Crippen molar-refractivity contribution in [3.8, 4) is 0 Å². The van der Waals surface area contributed by atoms with Gasteiger partial charge in [-0.1, -0.05) is 6.07 Å². The molecule has 1 aromatic heterocycles. The van der Waals surface area contributed by atoms with Crippen LogP contribution in [-0.2, 0) is 16.6 Å². The Morgan fingerprint density at radius 2 is 1.93 bits per heavy atom. The van der Waals surface area contributed by atoms with Gasteiger partial charge in [-0.3, -0.25) is 14.3 Å². The number of rotatable bonds is 4. The summed E-state index contributed by atoms with van der Waals surface area (Å²) in [4.78, 5) is 27.8. The third kappa shape index (κ3) is 3.81. The lowest BCUT2D eigenvalue weighted by atomic mass is 9.97. The van der Waals surface area contributed by atoms with E-state index in [-0.39, 0.29) is 17.7 Å². The number of carbonyl (C=O) groups is 2. The highest BCUT2D eigenvalue weighted by molar-refractivity contribution is 7.99. The summed E-state index contributed by atoms with van der Waals surface area (Å²) >= 11 is 1.61. The Hall–Kier alpha value is -2.28. The third-order valence-electron chi connectivity index (χ3n) is 5.61. The van der Waals surface area contributed by atoms with Crippen molar-refractivity contribution >= 4 is 29.3 Å². The van der Waals surface area contributed by atoms with Crippen LogP contribution in [0.4, 0.5) is 5.69 Å². The van der Waals surface area contributed by atoms with Crippen molar-refractivity contribution in [1.29, 1.82) is 0 Å². The summed E-state index contributed by atoms with van der Waals surface area (Å²) in [6, 6.07) is 5.40. The van der Waals surface area contributed by atoms with Crippen LogP contribution in [0, 0.1) is 27.7 Å². The van der Waals surface area contributed by atoms with Gasteiger partial charge in [0.1, 0.15) is 6.04 Å². The minimum atomic E-state index is -0.459. The second kappa shape index (κ2) is 7.99. The minimum Gasteiger partial charge on any atom is -0.324 e. The predicted octanol–water partition coefficient (Wildman–Crippen LogP) is 3.30. The molecule has 3 rings (SSSR count). The Labute approximate surface area is 170 Å². The van der Waals surface area contributed by atoms with Crippen LogP contribution in [0.3, 0.4) is 0 Å². The van der Waals surface area contributed by atoms with E-state index in [0.29, 0.717) is 11.6 Å². The summed E-state index contributed by atoms with van der Waals surface area (Å²) in [5.41, 5.74) is 5.89. The van der Waals surface area contributed by atoms with Gasteiger partial charge in [0.25, 0.3) is 0 Å². The van der Waals surface area contributed by atoms with E-state index in [0.717, 1.165) is 28.2 Å². The zero-order valence-electron chi connectivity index (χ0n) is 17.4. The number of benzene rings is 1. The van der Waals surface area contributed by atoms with E-state index in [2.05, 4.69) is 10.4 Å². The number of hydrogen-bond donors (Lipinski definition) is 1. The standard InChI is InChI=1S/C21H28N4O2S/c1-12-7-8-17(9-13(12)2)22-20(26)18-10-28-11-25(18)21(27)14(3)19-15(4)23-24(6)16(19)5/h7-9,14,18H,10-11H2,1-6H3,(H,22,26)/t14-,18-/m1/s1. The van der Waals surface area contributed by atoms with Gasteiger partial charge in [-0.15, -0.1) is 11.8 Å². The van der Waals surface area contributed by atoms with Crippen molar-refractivity contribution in [3.05, 3.63) is 46.3 Å². The molecule has 1 N–H and O–H groups in total. The Bertz CT molecular complexity index is 921. The highest BCUT2D eigenvalue weighted by Crippen LogP contribution is 2.30. The molecule has 6 nitrogen and oxygen atoms in total. The predicted molar refractivity (Wildman–Crippen MR) is 114 cm³/mol. The van der Waals surface area contributed by atoms with Crippen molar-refractivity contribution in [3.63, 3.8) is 0 Å². The lowest BCUT2D eigenvalue weighted by Gasteiger charge is -2.26. The van der Waals surface area contributed by atoms with E-state index in [1.54, 1.807) is 21.3 Å². The number of anilines is 1. The first-order chi connectivity index (χ1) is 13.2. The van der Waals surface area contributed by atoms with Crippen LogP contribution in [0.1, 0.15) is 40.9 Å². The number of carbonyl (C=O) groups excluding carboxylic acids is 2. The molecule has 150 valence electrons. The molecule has 0 unspecified atom stereocenters. The lowest BCUT2D eigenvalue weighted by Crippen LogP contribution is -2.46. The zero-order valence-corrected chi connectivity index (χ0v) is 18.2. The number of aromatic nitrogens is 2. The van der Waals surface area contributed by atoms with Gasteiger partial charge in [-0.05, 0) is 57.9 Å². The number of thioether (sulfide) groups is 1. The van der Waals surface area contributed by atoms with E-state index < -0.39 is 6.04 Å². The quantitative estimate of drug-likeness (QED) is 0.855. The van der Waals surface area contributed by atoms with E-state index in [1.165, 1.54) is 5.56 Å². The van der Waals surface area contributed by atoms with E-state index in [1.807, 2.05) is 59.9 Å². The molecule has 1 aromatic carbocycles. The van der Waals surface area contributed by atoms with Crippen LogP contribution >= 0.6 is 11.8 Å². The lowest BCUT2D eigenvalue weighted by molar-refractivity contribution is -0.137. The highest BCUT2D eigenvalue weighted by atomic mass is 32.2. The molecule has 2 aromatic rings. The van der Waals surface area contributed by atoms with Gasteiger partial charge in [0, 0.05) is 29.7 Å². The molecule has 1 aliphatic heterocycles. The van der Waals surface area contributed by atoms with E-state index in [9.17, 15) is 9.59 Å². The Kier molecular flexibility index (Phi) is 5.84. The van der Waals surface area contributed by atoms with Gasteiger partial charge in [0.2, 0.25) is 11.8 Å². The Morgan fingerprint density at radius 1 is 1.21 bits per heavy atom. The van der Waals surface area contributed by atoms with Crippen LogP contribution < -0.4 is 5.32 Å². The van der Waals surface area contributed by atoms with Crippen molar-refractivity contribution < 1.29 is 9.59 Å². The molecule has 1 saturated heterocycles. The summed E-state index contributed by atoms with van der Waals surface area (Å²) in [5.74, 6) is 0.661. The molecule has 1 aliphatic rings. The molecule has 2 heterocycles. The highest BCUT2D eigenvalue weighted by Gasteiger charge is 2.38. The molecule has 0 aliphatic carbocycles. The monoisotopic (exact) mass is 400 g/mol. The zero-order chi connectivity index (χ0) is 20.6. The smallest absolute Gasteiger partial charge is 0.248 e.